The SMILES string of the molecule is Cc1nnnn1-c1ccc(F)c(NC(=O)CCCOc2ccc(Cl)cc2Cl)c1. The molecule has 146 valence electrons. The van der Waals surface area contributed by atoms with Crippen LogP contribution in [0.5, 0.6) is 5.75 Å². The first-order valence-corrected chi connectivity index (χ1v) is 9.12. The smallest absolute Gasteiger partial charge is 0.224 e. The molecule has 1 heterocycles. The number of benzene rings is 2. The third kappa shape index (κ3) is 4.96. The summed E-state index contributed by atoms with van der Waals surface area (Å²) in [5, 5.41) is 14.6. The largest absolute Gasteiger partial charge is 0.492 e. The Labute approximate surface area is 170 Å². The van der Waals surface area contributed by atoms with E-state index >= 15 is 0 Å². The Morgan fingerprint density at radius 2 is 2.07 bits per heavy atom. The van der Waals surface area contributed by atoms with Gasteiger partial charge in [0, 0.05) is 11.4 Å². The zero-order chi connectivity index (χ0) is 20.1. The van der Waals surface area contributed by atoms with Crippen molar-refractivity contribution in [2.24, 2.45) is 0 Å². The van der Waals surface area contributed by atoms with E-state index in [-0.39, 0.29) is 24.6 Å². The topological polar surface area (TPSA) is 81.9 Å². The molecule has 0 radical (unpaired) electrons. The normalized spacial score (nSPS) is 10.7. The van der Waals surface area contributed by atoms with Gasteiger partial charge in [0.05, 0.1) is 23.0 Å². The molecule has 1 aromatic heterocycles. The maximum atomic E-state index is 14.0. The molecule has 3 rings (SSSR count). The second kappa shape index (κ2) is 8.99. The zero-order valence-electron chi connectivity index (χ0n) is 14.8. The van der Waals surface area contributed by atoms with Crippen molar-refractivity contribution in [3.05, 3.63) is 58.1 Å². The van der Waals surface area contributed by atoms with Gasteiger partial charge in [-0.1, -0.05) is 23.2 Å². The monoisotopic (exact) mass is 423 g/mol. The van der Waals surface area contributed by atoms with Gasteiger partial charge in [0.2, 0.25) is 5.91 Å². The van der Waals surface area contributed by atoms with Crippen LogP contribution in [-0.4, -0.2) is 32.7 Å². The van der Waals surface area contributed by atoms with E-state index in [2.05, 4.69) is 20.8 Å². The maximum Gasteiger partial charge on any atom is 0.224 e. The van der Waals surface area contributed by atoms with E-state index in [1.165, 1.54) is 22.9 Å². The average Bonchev–Trinajstić information content (AvgIpc) is 3.08. The number of rotatable bonds is 7. The van der Waals surface area contributed by atoms with Crippen LogP contribution in [0.25, 0.3) is 5.69 Å². The van der Waals surface area contributed by atoms with E-state index in [4.69, 9.17) is 27.9 Å². The fraction of sp³-hybridized carbons (Fsp3) is 0.222. The number of aromatic nitrogens is 4. The van der Waals surface area contributed by atoms with E-state index in [9.17, 15) is 9.18 Å². The Balaban J connectivity index is 1.54. The molecule has 2 aromatic carbocycles. The van der Waals surface area contributed by atoms with Gasteiger partial charge >= 0.3 is 0 Å². The van der Waals surface area contributed by atoms with Crippen LogP contribution in [-0.2, 0) is 4.79 Å². The van der Waals surface area contributed by atoms with Crippen molar-refractivity contribution >= 4 is 34.8 Å². The van der Waals surface area contributed by atoms with Crippen LogP contribution in [0, 0.1) is 12.7 Å². The van der Waals surface area contributed by atoms with Crippen LogP contribution in [0.1, 0.15) is 18.7 Å². The summed E-state index contributed by atoms with van der Waals surface area (Å²) in [6.45, 7) is 2.00. The lowest BCUT2D eigenvalue weighted by atomic mass is 10.2. The molecule has 0 bridgehead atoms. The van der Waals surface area contributed by atoms with E-state index in [1.807, 2.05) is 0 Å². The first-order valence-electron chi connectivity index (χ1n) is 8.36. The van der Waals surface area contributed by atoms with Gasteiger partial charge in [-0.05, 0) is 60.2 Å². The fourth-order valence-corrected chi connectivity index (χ4v) is 2.89. The predicted molar refractivity (Wildman–Crippen MR) is 104 cm³/mol. The summed E-state index contributed by atoms with van der Waals surface area (Å²) in [6, 6.07) is 9.15. The summed E-state index contributed by atoms with van der Waals surface area (Å²) in [5.74, 6) is 0.145. The van der Waals surface area contributed by atoms with Crippen LogP contribution < -0.4 is 10.1 Å². The van der Waals surface area contributed by atoms with Gasteiger partial charge in [-0.15, -0.1) is 5.10 Å². The number of carbonyl (C=O) groups is 1. The van der Waals surface area contributed by atoms with E-state index in [0.29, 0.717) is 33.7 Å². The minimum absolute atomic E-state index is 0.0547. The molecule has 0 aliphatic carbocycles. The Bertz CT molecular complexity index is 996. The number of amides is 1. The molecule has 3 aromatic rings. The summed E-state index contributed by atoms with van der Waals surface area (Å²) in [7, 11) is 0. The van der Waals surface area contributed by atoms with Crippen LogP contribution in [0.15, 0.2) is 36.4 Å². The minimum Gasteiger partial charge on any atom is -0.492 e. The van der Waals surface area contributed by atoms with Gasteiger partial charge in [-0.3, -0.25) is 4.79 Å². The lowest BCUT2D eigenvalue weighted by Gasteiger charge is -2.10. The molecule has 0 saturated carbocycles. The zero-order valence-corrected chi connectivity index (χ0v) is 16.3. The van der Waals surface area contributed by atoms with Crippen LogP contribution >= 0.6 is 23.2 Å². The van der Waals surface area contributed by atoms with Gasteiger partial charge in [-0.2, -0.15) is 4.68 Å². The van der Waals surface area contributed by atoms with Gasteiger partial charge in [-0.25, -0.2) is 4.39 Å². The summed E-state index contributed by atoms with van der Waals surface area (Å²) in [4.78, 5) is 12.1. The molecule has 28 heavy (non-hydrogen) atoms. The number of hydrogen-bond donors (Lipinski definition) is 1. The van der Waals surface area contributed by atoms with Crippen LogP contribution in [0.4, 0.5) is 10.1 Å². The Kier molecular flexibility index (Phi) is 6.43. The van der Waals surface area contributed by atoms with Crippen molar-refractivity contribution in [2.45, 2.75) is 19.8 Å². The number of nitrogens with one attached hydrogen (secondary N) is 1. The number of anilines is 1. The molecule has 0 saturated heterocycles. The van der Waals surface area contributed by atoms with Crippen molar-refractivity contribution < 1.29 is 13.9 Å². The third-order valence-electron chi connectivity index (χ3n) is 3.79. The highest BCUT2D eigenvalue weighted by Gasteiger charge is 2.11. The second-order valence-corrected chi connectivity index (χ2v) is 6.72. The lowest BCUT2D eigenvalue weighted by molar-refractivity contribution is -0.116. The first-order chi connectivity index (χ1) is 13.4. The third-order valence-corrected chi connectivity index (χ3v) is 4.32. The van der Waals surface area contributed by atoms with Gasteiger partial charge in [0.25, 0.3) is 0 Å². The molecule has 1 N–H and O–H groups in total. The summed E-state index contributed by atoms with van der Waals surface area (Å²) >= 11 is 11.8. The Morgan fingerprint density at radius 1 is 1.25 bits per heavy atom. The van der Waals surface area contributed by atoms with Crippen molar-refractivity contribution in [1.82, 2.24) is 20.2 Å². The molecule has 0 fully saturated rings. The number of halogens is 3. The van der Waals surface area contributed by atoms with Gasteiger partial charge < -0.3 is 10.1 Å². The number of aryl methyl sites for hydroxylation is 1. The average molecular weight is 424 g/mol. The molecule has 0 aliphatic rings. The molecule has 0 spiro atoms. The molecule has 0 aliphatic heterocycles. The summed E-state index contributed by atoms with van der Waals surface area (Å²) in [6.07, 6.45) is 0.580. The van der Waals surface area contributed by atoms with Crippen LogP contribution in [0.3, 0.4) is 0 Å². The first kappa shape index (κ1) is 20.0. The molecule has 1 amide bonds. The standard InChI is InChI=1S/C18H16Cl2FN5O2/c1-11-23-24-25-26(11)13-5-6-15(21)16(10-13)22-18(27)3-2-8-28-17-7-4-12(19)9-14(17)20/h4-7,9-10H,2-3,8H2,1H3,(H,22,27). The van der Waals surface area contributed by atoms with Gasteiger partial charge in [0.1, 0.15) is 11.6 Å². The fourth-order valence-electron chi connectivity index (χ4n) is 2.43. The molecular weight excluding hydrogens is 408 g/mol. The van der Waals surface area contributed by atoms with Crippen LogP contribution in [0.2, 0.25) is 10.0 Å². The molecular formula is C18H16Cl2FN5O2. The molecule has 7 nitrogen and oxygen atoms in total. The second-order valence-electron chi connectivity index (χ2n) is 5.88. The predicted octanol–water partition coefficient (Wildman–Crippen LogP) is 4.21. The Morgan fingerprint density at radius 3 is 2.79 bits per heavy atom. The number of tetrazole rings is 1. The van der Waals surface area contributed by atoms with Crippen molar-refractivity contribution in [3.63, 3.8) is 0 Å². The van der Waals surface area contributed by atoms with Crippen molar-refractivity contribution in [3.8, 4) is 11.4 Å². The number of nitrogens with zero attached hydrogens (tertiary/aromatic N) is 4. The van der Waals surface area contributed by atoms with E-state index < -0.39 is 5.82 Å². The van der Waals surface area contributed by atoms with E-state index in [1.54, 1.807) is 25.1 Å². The highest BCUT2D eigenvalue weighted by Crippen LogP contribution is 2.27. The quantitative estimate of drug-likeness (QED) is 0.575. The van der Waals surface area contributed by atoms with Crippen molar-refractivity contribution in [2.75, 3.05) is 11.9 Å². The van der Waals surface area contributed by atoms with Crippen molar-refractivity contribution in [1.29, 1.82) is 0 Å². The summed E-state index contributed by atoms with van der Waals surface area (Å²) in [5.41, 5.74) is 0.596. The summed E-state index contributed by atoms with van der Waals surface area (Å²) < 4.78 is 21.0. The maximum absolute atomic E-state index is 14.0. The number of carbonyl (C=O) groups excluding carboxylic acids is 1. The Hall–Kier alpha value is -2.71. The highest BCUT2D eigenvalue weighted by molar-refractivity contribution is 6.35. The van der Waals surface area contributed by atoms with Gasteiger partial charge in [0.15, 0.2) is 5.82 Å². The molecule has 10 heteroatoms. The lowest BCUT2D eigenvalue weighted by Crippen LogP contribution is -2.14. The van der Waals surface area contributed by atoms with E-state index in [0.717, 1.165) is 0 Å². The molecule has 0 atom stereocenters. The number of ether oxygens (including phenoxy) is 1. The number of hydrogen-bond acceptors (Lipinski definition) is 5. The minimum atomic E-state index is -0.549. The molecule has 0 unspecified atom stereocenters. The highest BCUT2D eigenvalue weighted by atomic mass is 35.5.